The molecule has 4 rings (SSSR count). The quantitative estimate of drug-likeness (QED) is 0.321. The zero-order chi connectivity index (χ0) is 31.8. The van der Waals surface area contributed by atoms with Gasteiger partial charge in [-0.05, 0) is 36.7 Å². The third-order valence-electron chi connectivity index (χ3n) is 7.22. The van der Waals surface area contributed by atoms with Crippen molar-refractivity contribution >= 4 is 46.3 Å². The van der Waals surface area contributed by atoms with Gasteiger partial charge in [-0.1, -0.05) is 58.0 Å². The lowest BCUT2D eigenvalue weighted by Crippen LogP contribution is -2.49. The van der Waals surface area contributed by atoms with Crippen molar-refractivity contribution in [1.82, 2.24) is 30.8 Å². The number of nitrogens with zero attached hydrogens (tertiary/aromatic N) is 3. The maximum Gasteiger partial charge on any atom is 0.271 e. The van der Waals surface area contributed by atoms with E-state index in [4.69, 9.17) is 5.73 Å². The monoisotopic (exact) mass is 639 g/mol. The summed E-state index contributed by atoms with van der Waals surface area (Å²) in [6, 6.07) is 8.00. The van der Waals surface area contributed by atoms with E-state index in [1.54, 1.807) is 10.8 Å². The van der Waals surface area contributed by atoms with Crippen LogP contribution in [0.5, 0.6) is 0 Å². The molecule has 3 heterocycles. The fraction of sp³-hybridized carbons (Fsp3) is 0.484. The highest BCUT2D eigenvalue weighted by Gasteiger charge is 2.28. The smallest absolute Gasteiger partial charge is 0.271 e. The Morgan fingerprint density at radius 1 is 0.977 bits per heavy atom. The van der Waals surface area contributed by atoms with Crippen LogP contribution in [0.3, 0.4) is 0 Å². The number of nitrogens with one attached hydrogen (secondary N) is 3. The lowest BCUT2D eigenvalue weighted by molar-refractivity contribution is -0.137. The van der Waals surface area contributed by atoms with Crippen LogP contribution in [0, 0.1) is 11.8 Å². The molecule has 5 N–H and O–H groups in total. The van der Waals surface area contributed by atoms with Crippen LogP contribution in [0.1, 0.15) is 89.2 Å². The van der Waals surface area contributed by atoms with Gasteiger partial charge >= 0.3 is 0 Å². The number of carbonyl (C=O) groups is 4. The average molecular weight is 640 g/mol. The molecule has 11 nitrogen and oxygen atoms in total. The first-order valence-electron chi connectivity index (χ1n) is 14.9. The van der Waals surface area contributed by atoms with Gasteiger partial charge in [0, 0.05) is 23.8 Å². The fourth-order valence-corrected chi connectivity index (χ4v) is 6.82. The van der Waals surface area contributed by atoms with E-state index in [0.29, 0.717) is 29.3 Å². The zero-order valence-electron chi connectivity index (χ0n) is 25.5. The summed E-state index contributed by atoms with van der Waals surface area (Å²) in [6.45, 7) is 8.23. The number of fused-ring (bicyclic) bond motifs is 4. The van der Waals surface area contributed by atoms with Crippen molar-refractivity contribution in [2.45, 2.75) is 65.1 Å². The molecule has 0 spiro atoms. The fourth-order valence-electron chi connectivity index (χ4n) is 4.95. The van der Waals surface area contributed by atoms with Crippen molar-refractivity contribution in [3.05, 3.63) is 68.1 Å². The van der Waals surface area contributed by atoms with Gasteiger partial charge in [-0.25, -0.2) is 9.97 Å². The number of thiazole rings is 2. The van der Waals surface area contributed by atoms with Crippen LogP contribution in [-0.4, -0.2) is 64.2 Å². The minimum absolute atomic E-state index is 0.00364. The molecule has 2 aromatic heterocycles. The second-order valence-corrected chi connectivity index (χ2v) is 13.5. The maximum absolute atomic E-state index is 13.5. The number of rotatable bonds is 6. The Bertz CT molecular complexity index is 1440. The number of nitrogens with two attached hydrogens (primary N) is 1. The van der Waals surface area contributed by atoms with E-state index >= 15 is 0 Å². The second kappa shape index (κ2) is 15.4. The Morgan fingerprint density at radius 2 is 1.64 bits per heavy atom. The van der Waals surface area contributed by atoms with E-state index in [1.165, 1.54) is 27.6 Å². The lowest BCUT2D eigenvalue weighted by Gasteiger charge is -2.27. The molecule has 13 heteroatoms. The molecule has 1 aliphatic heterocycles. The first kappa shape index (κ1) is 33.2. The van der Waals surface area contributed by atoms with Gasteiger partial charge < -0.3 is 26.6 Å². The molecule has 0 saturated heterocycles. The summed E-state index contributed by atoms with van der Waals surface area (Å²) in [6.07, 6.45) is 1.35. The first-order valence-corrected chi connectivity index (χ1v) is 16.6. The van der Waals surface area contributed by atoms with Crippen molar-refractivity contribution in [3.63, 3.8) is 0 Å². The van der Waals surface area contributed by atoms with Crippen LogP contribution in [0.25, 0.3) is 0 Å². The highest BCUT2D eigenvalue weighted by atomic mass is 32.1. The Morgan fingerprint density at radius 3 is 2.32 bits per heavy atom. The van der Waals surface area contributed by atoms with E-state index in [-0.39, 0.29) is 66.5 Å². The Balaban J connectivity index is 1.66. The van der Waals surface area contributed by atoms with Crippen molar-refractivity contribution < 1.29 is 19.2 Å². The molecule has 44 heavy (non-hydrogen) atoms. The van der Waals surface area contributed by atoms with E-state index < -0.39 is 18.1 Å². The SMILES string of the molecule is CC(C)C[C@H](N)C(=O)N1CCCNC(=O)c2csc(n2)[C@H](C(C)C)NC(=O)c2csc(n2)C(Cc2ccccc2)NC(=O)C1. The molecule has 4 bridgehead atoms. The van der Waals surface area contributed by atoms with Crippen LogP contribution in [0.2, 0.25) is 0 Å². The third kappa shape index (κ3) is 8.93. The van der Waals surface area contributed by atoms with E-state index in [1.807, 2.05) is 58.0 Å². The Labute approximate surface area is 266 Å². The predicted molar refractivity (Wildman–Crippen MR) is 171 cm³/mol. The molecule has 1 aliphatic rings. The van der Waals surface area contributed by atoms with Gasteiger partial charge in [0.1, 0.15) is 21.4 Å². The van der Waals surface area contributed by atoms with Crippen LogP contribution in [0.4, 0.5) is 0 Å². The summed E-state index contributed by atoms with van der Waals surface area (Å²) >= 11 is 2.60. The molecule has 236 valence electrons. The third-order valence-corrected chi connectivity index (χ3v) is 9.11. The van der Waals surface area contributed by atoms with Gasteiger partial charge in [0.2, 0.25) is 11.8 Å². The van der Waals surface area contributed by atoms with Gasteiger partial charge in [-0.3, -0.25) is 19.2 Å². The second-order valence-electron chi connectivity index (χ2n) is 11.8. The van der Waals surface area contributed by atoms with Gasteiger partial charge in [0.25, 0.3) is 11.8 Å². The number of benzene rings is 1. The van der Waals surface area contributed by atoms with Gasteiger partial charge in [-0.15, -0.1) is 22.7 Å². The molecule has 1 aromatic carbocycles. The van der Waals surface area contributed by atoms with Crippen molar-refractivity contribution in [2.24, 2.45) is 17.6 Å². The minimum atomic E-state index is -0.749. The summed E-state index contributed by atoms with van der Waals surface area (Å²) in [4.78, 5) is 63.6. The summed E-state index contributed by atoms with van der Waals surface area (Å²) in [5, 5.41) is 13.5. The number of hydrogen-bond donors (Lipinski definition) is 4. The van der Waals surface area contributed by atoms with Gasteiger partial charge in [0.05, 0.1) is 24.7 Å². The summed E-state index contributed by atoms with van der Waals surface area (Å²) in [5.41, 5.74) is 7.72. The molecule has 0 fully saturated rings. The van der Waals surface area contributed by atoms with Crippen molar-refractivity contribution in [2.75, 3.05) is 19.6 Å². The van der Waals surface area contributed by atoms with Crippen LogP contribution in [-0.2, 0) is 16.0 Å². The topological polar surface area (TPSA) is 159 Å². The van der Waals surface area contributed by atoms with Crippen LogP contribution in [0.15, 0.2) is 41.1 Å². The highest BCUT2D eigenvalue weighted by molar-refractivity contribution is 7.10. The van der Waals surface area contributed by atoms with Gasteiger partial charge in [-0.2, -0.15) is 0 Å². The predicted octanol–water partition coefficient (Wildman–Crippen LogP) is 3.46. The van der Waals surface area contributed by atoms with Gasteiger partial charge in [0.15, 0.2) is 0 Å². The van der Waals surface area contributed by atoms with E-state index in [0.717, 1.165) is 5.56 Å². The molecular weight excluding hydrogens is 599 g/mol. The summed E-state index contributed by atoms with van der Waals surface area (Å²) < 4.78 is 0. The Kier molecular flexibility index (Phi) is 11.6. The molecular formula is C31H41N7O4S2. The average Bonchev–Trinajstić information content (AvgIpc) is 3.67. The normalized spacial score (nSPS) is 19.4. The minimum Gasteiger partial charge on any atom is -0.351 e. The summed E-state index contributed by atoms with van der Waals surface area (Å²) in [5.74, 6) is -1.19. The zero-order valence-corrected chi connectivity index (χ0v) is 27.2. The highest BCUT2D eigenvalue weighted by Crippen LogP contribution is 2.27. The number of aromatic nitrogens is 2. The number of carbonyl (C=O) groups excluding carboxylic acids is 4. The Hall–Kier alpha value is -3.68. The molecule has 0 saturated carbocycles. The number of hydrogen-bond acceptors (Lipinski definition) is 9. The van der Waals surface area contributed by atoms with Crippen LogP contribution >= 0.6 is 22.7 Å². The molecule has 4 amide bonds. The maximum atomic E-state index is 13.5. The van der Waals surface area contributed by atoms with Crippen molar-refractivity contribution in [3.8, 4) is 0 Å². The molecule has 3 aromatic rings. The van der Waals surface area contributed by atoms with E-state index in [2.05, 4.69) is 25.9 Å². The molecule has 1 unspecified atom stereocenters. The van der Waals surface area contributed by atoms with E-state index in [9.17, 15) is 19.2 Å². The first-order chi connectivity index (χ1) is 21.0. The lowest BCUT2D eigenvalue weighted by atomic mass is 10.0. The molecule has 0 aliphatic carbocycles. The number of amides is 4. The standard InChI is InChI=1S/C31H41N7O4S2/c1-18(2)13-21(32)31(42)38-12-8-11-33-27(40)23-16-44-30(36-23)26(19(3)4)37-28(41)24-17-43-29(35-24)22(34-25(39)15-38)14-20-9-6-5-7-10-20/h5-7,9-10,16-19,21-22,26H,8,11-15,32H2,1-4H3,(H,33,40)(H,34,39)(H,37,41)/t21-,22?,26-/m0/s1. The van der Waals surface area contributed by atoms with Crippen LogP contribution < -0.4 is 21.7 Å². The van der Waals surface area contributed by atoms with Crippen molar-refractivity contribution in [1.29, 1.82) is 0 Å². The molecule has 0 radical (unpaired) electrons. The molecule has 3 atom stereocenters. The summed E-state index contributed by atoms with van der Waals surface area (Å²) in [7, 11) is 0. The largest absolute Gasteiger partial charge is 0.351 e.